The van der Waals surface area contributed by atoms with Gasteiger partial charge in [0.15, 0.2) is 11.5 Å². The van der Waals surface area contributed by atoms with Crippen LogP contribution in [-0.4, -0.2) is 17.0 Å². The topological polar surface area (TPSA) is 64.4 Å². The molecule has 0 saturated carbocycles. The minimum absolute atomic E-state index is 0.0982. The zero-order valence-corrected chi connectivity index (χ0v) is 18.2. The van der Waals surface area contributed by atoms with Crippen LogP contribution in [0, 0.1) is 13.8 Å². The van der Waals surface area contributed by atoms with E-state index in [1.54, 1.807) is 12.1 Å². The van der Waals surface area contributed by atoms with E-state index in [2.05, 4.69) is 23.3 Å². The van der Waals surface area contributed by atoms with Crippen molar-refractivity contribution in [2.24, 2.45) is 0 Å². The largest absolute Gasteiger partial charge is 0.491 e. The molecule has 31 heavy (non-hydrogen) atoms. The molecular weight excluding hydrogens is 388 g/mol. The summed E-state index contributed by atoms with van der Waals surface area (Å²) in [7, 11) is 0. The van der Waals surface area contributed by atoms with E-state index in [4.69, 9.17) is 9.15 Å². The minimum atomic E-state index is -0.159. The number of fused-ring (bicyclic) bond motifs is 1. The molecule has 5 heteroatoms. The second-order valence-corrected chi connectivity index (χ2v) is 8.06. The smallest absolute Gasteiger partial charge is 0.255 e. The van der Waals surface area contributed by atoms with Crippen molar-refractivity contribution in [1.29, 1.82) is 0 Å². The van der Waals surface area contributed by atoms with Crippen LogP contribution in [0.15, 0.2) is 65.1 Å². The van der Waals surface area contributed by atoms with Crippen molar-refractivity contribution in [3.8, 4) is 5.75 Å². The molecule has 1 N–H and O–H groups in total. The summed E-state index contributed by atoms with van der Waals surface area (Å²) in [5, 5.41) is 2.93. The fourth-order valence-corrected chi connectivity index (χ4v) is 3.54. The summed E-state index contributed by atoms with van der Waals surface area (Å²) in [5.74, 6) is 1.28. The van der Waals surface area contributed by atoms with Gasteiger partial charge in [0.1, 0.15) is 11.3 Å². The van der Waals surface area contributed by atoms with Crippen LogP contribution in [0.1, 0.15) is 46.8 Å². The Kier molecular flexibility index (Phi) is 5.76. The van der Waals surface area contributed by atoms with Crippen LogP contribution in [-0.2, 0) is 6.42 Å². The van der Waals surface area contributed by atoms with Gasteiger partial charge in [-0.25, -0.2) is 4.98 Å². The summed E-state index contributed by atoms with van der Waals surface area (Å²) in [4.78, 5) is 17.1. The van der Waals surface area contributed by atoms with Crippen molar-refractivity contribution >= 4 is 22.7 Å². The van der Waals surface area contributed by atoms with Gasteiger partial charge < -0.3 is 14.5 Å². The Hall–Kier alpha value is -3.60. The Morgan fingerprint density at radius 2 is 1.74 bits per heavy atom. The van der Waals surface area contributed by atoms with Crippen molar-refractivity contribution in [2.75, 3.05) is 5.32 Å². The highest BCUT2D eigenvalue weighted by Crippen LogP contribution is 2.23. The molecule has 3 aromatic carbocycles. The number of aromatic nitrogens is 1. The first kappa shape index (κ1) is 20.7. The van der Waals surface area contributed by atoms with Crippen molar-refractivity contribution in [3.05, 3.63) is 88.8 Å². The van der Waals surface area contributed by atoms with Crippen LogP contribution >= 0.6 is 0 Å². The van der Waals surface area contributed by atoms with Gasteiger partial charge >= 0.3 is 0 Å². The lowest BCUT2D eigenvalue weighted by Crippen LogP contribution is -2.12. The zero-order valence-electron chi connectivity index (χ0n) is 18.2. The van der Waals surface area contributed by atoms with E-state index in [-0.39, 0.29) is 12.0 Å². The monoisotopic (exact) mass is 414 g/mol. The quantitative estimate of drug-likeness (QED) is 0.416. The minimum Gasteiger partial charge on any atom is -0.491 e. The van der Waals surface area contributed by atoms with E-state index in [0.717, 1.165) is 33.7 Å². The van der Waals surface area contributed by atoms with E-state index < -0.39 is 0 Å². The molecule has 0 fully saturated rings. The predicted octanol–water partition coefficient (Wildman–Crippen LogP) is 6.07. The SMILES string of the molecule is Cc1cc(C)c2oc(Cc3ccc(NC(=O)c4ccc(OC(C)C)cc4)cc3)nc2c1. The highest BCUT2D eigenvalue weighted by molar-refractivity contribution is 6.04. The van der Waals surface area contributed by atoms with Gasteiger partial charge in [-0.2, -0.15) is 0 Å². The molecule has 0 unspecified atom stereocenters. The number of carbonyl (C=O) groups is 1. The number of nitrogens with zero attached hydrogens (tertiary/aromatic N) is 1. The van der Waals surface area contributed by atoms with Gasteiger partial charge in [0.2, 0.25) is 0 Å². The zero-order chi connectivity index (χ0) is 22.0. The number of hydrogen-bond donors (Lipinski definition) is 1. The van der Waals surface area contributed by atoms with Gasteiger partial charge in [-0.15, -0.1) is 0 Å². The molecule has 0 aliphatic rings. The summed E-state index contributed by atoms with van der Waals surface area (Å²) in [5.41, 5.74) is 6.38. The van der Waals surface area contributed by atoms with E-state index in [9.17, 15) is 4.79 Å². The third kappa shape index (κ3) is 4.94. The van der Waals surface area contributed by atoms with Gasteiger partial charge in [-0.3, -0.25) is 4.79 Å². The molecule has 1 heterocycles. The van der Waals surface area contributed by atoms with E-state index in [1.165, 1.54) is 5.56 Å². The number of anilines is 1. The molecule has 0 saturated heterocycles. The van der Waals surface area contributed by atoms with Crippen molar-refractivity contribution in [1.82, 2.24) is 4.98 Å². The number of hydrogen-bond acceptors (Lipinski definition) is 4. The van der Waals surface area contributed by atoms with Gasteiger partial charge in [0.05, 0.1) is 6.10 Å². The van der Waals surface area contributed by atoms with Crippen molar-refractivity contribution < 1.29 is 13.9 Å². The molecule has 4 aromatic rings. The number of benzene rings is 3. The average Bonchev–Trinajstić information content (AvgIpc) is 3.12. The number of aryl methyl sites for hydroxylation is 2. The molecule has 1 amide bonds. The summed E-state index contributed by atoms with van der Waals surface area (Å²) in [6, 6.07) is 19.0. The lowest BCUT2D eigenvalue weighted by atomic mass is 10.1. The molecule has 1 aromatic heterocycles. The van der Waals surface area contributed by atoms with Gasteiger partial charge in [-0.05, 0) is 86.8 Å². The standard InChI is InChI=1S/C26H26N2O3/c1-16(2)30-22-11-7-20(8-12-22)26(29)27-21-9-5-19(6-10-21)15-24-28-23-14-17(3)13-18(4)25(23)31-24/h5-14,16H,15H2,1-4H3,(H,27,29). The molecule has 158 valence electrons. The Morgan fingerprint density at radius 3 is 2.42 bits per heavy atom. The summed E-state index contributed by atoms with van der Waals surface area (Å²) < 4.78 is 11.6. The number of rotatable bonds is 6. The predicted molar refractivity (Wildman–Crippen MR) is 123 cm³/mol. The van der Waals surface area contributed by atoms with Crippen molar-refractivity contribution in [3.63, 3.8) is 0 Å². The fourth-order valence-electron chi connectivity index (χ4n) is 3.54. The third-order valence-electron chi connectivity index (χ3n) is 4.92. The maximum absolute atomic E-state index is 12.5. The molecule has 0 spiro atoms. The van der Waals surface area contributed by atoms with E-state index >= 15 is 0 Å². The number of nitrogens with one attached hydrogen (secondary N) is 1. The van der Waals surface area contributed by atoms with E-state index in [0.29, 0.717) is 17.9 Å². The molecule has 0 atom stereocenters. The maximum atomic E-state index is 12.5. The summed E-state index contributed by atoms with van der Waals surface area (Å²) in [6.45, 7) is 8.03. The summed E-state index contributed by atoms with van der Waals surface area (Å²) in [6.07, 6.45) is 0.694. The van der Waals surface area contributed by atoms with Crippen LogP contribution in [0.25, 0.3) is 11.1 Å². The Morgan fingerprint density at radius 1 is 1.03 bits per heavy atom. The molecule has 5 nitrogen and oxygen atoms in total. The number of carbonyl (C=O) groups excluding carboxylic acids is 1. The summed E-state index contributed by atoms with van der Waals surface area (Å²) >= 11 is 0. The number of ether oxygens (including phenoxy) is 1. The Bertz CT molecular complexity index is 1210. The van der Waals surface area contributed by atoms with Gasteiger partial charge in [0.25, 0.3) is 5.91 Å². The van der Waals surface area contributed by atoms with Crippen LogP contribution in [0.2, 0.25) is 0 Å². The normalized spacial score (nSPS) is 11.1. The second-order valence-electron chi connectivity index (χ2n) is 8.06. The third-order valence-corrected chi connectivity index (χ3v) is 4.92. The first-order chi connectivity index (χ1) is 14.9. The van der Waals surface area contributed by atoms with Crippen LogP contribution in [0.3, 0.4) is 0 Å². The Balaban J connectivity index is 1.41. The van der Waals surface area contributed by atoms with E-state index in [1.807, 2.05) is 63.2 Å². The molecule has 0 aliphatic carbocycles. The molecule has 0 radical (unpaired) electrons. The Labute approximate surface area is 182 Å². The first-order valence-corrected chi connectivity index (χ1v) is 10.4. The highest BCUT2D eigenvalue weighted by Gasteiger charge is 2.11. The van der Waals surface area contributed by atoms with Gasteiger partial charge in [0, 0.05) is 17.7 Å². The molecule has 0 bridgehead atoms. The average molecular weight is 415 g/mol. The van der Waals surface area contributed by atoms with Crippen LogP contribution in [0.5, 0.6) is 5.75 Å². The molecular formula is C26H26N2O3. The van der Waals surface area contributed by atoms with Crippen LogP contribution < -0.4 is 10.1 Å². The molecule has 0 aliphatic heterocycles. The lowest BCUT2D eigenvalue weighted by molar-refractivity contribution is 0.102. The lowest BCUT2D eigenvalue weighted by Gasteiger charge is -2.10. The molecule has 4 rings (SSSR count). The van der Waals surface area contributed by atoms with Crippen LogP contribution in [0.4, 0.5) is 5.69 Å². The fraction of sp³-hybridized carbons (Fsp3) is 0.231. The highest BCUT2D eigenvalue weighted by atomic mass is 16.5. The maximum Gasteiger partial charge on any atom is 0.255 e. The first-order valence-electron chi connectivity index (χ1n) is 10.4. The number of amides is 1. The van der Waals surface area contributed by atoms with Gasteiger partial charge in [-0.1, -0.05) is 18.2 Å². The second kappa shape index (κ2) is 8.64. The number of oxazole rings is 1. The van der Waals surface area contributed by atoms with Crippen molar-refractivity contribution in [2.45, 2.75) is 40.2 Å².